The summed E-state index contributed by atoms with van der Waals surface area (Å²) in [6.45, 7) is 1.89. The Morgan fingerprint density at radius 3 is 2.86 bits per heavy atom. The summed E-state index contributed by atoms with van der Waals surface area (Å²) in [5.74, 6) is -0.104. The smallest absolute Gasteiger partial charge is 0.256 e. The first-order valence-electron chi connectivity index (χ1n) is 6.42. The Bertz CT molecular complexity index is 807. The number of nitrogens with zero attached hydrogens (tertiary/aromatic N) is 2. The number of hydrogen-bond acceptors (Lipinski definition) is 3. The van der Waals surface area contributed by atoms with Crippen LogP contribution in [0.15, 0.2) is 42.6 Å². The molecule has 3 aromatic rings. The van der Waals surface area contributed by atoms with E-state index in [-0.39, 0.29) is 11.8 Å². The predicted octanol–water partition coefficient (Wildman–Crippen LogP) is 4.61. The second-order valence-electron chi connectivity index (χ2n) is 4.61. The van der Waals surface area contributed by atoms with Crippen LogP contribution < -0.4 is 4.74 Å². The second-order valence-corrected chi connectivity index (χ2v) is 4.87. The molecule has 0 atom stereocenters. The van der Waals surface area contributed by atoms with Gasteiger partial charge in [0.15, 0.2) is 11.6 Å². The topological polar surface area (TPSA) is 35.0 Å². The molecule has 0 aliphatic heterocycles. The maximum Gasteiger partial charge on any atom is 0.256 e. The van der Waals surface area contributed by atoms with Crippen LogP contribution in [0.5, 0.6) is 11.6 Å². The third-order valence-corrected chi connectivity index (χ3v) is 3.40. The zero-order valence-corrected chi connectivity index (χ0v) is 12.1. The lowest BCUT2D eigenvalue weighted by atomic mass is 10.2. The average Bonchev–Trinajstić information content (AvgIpc) is 2.50. The Labute approximate surface area is 126 Å². The lowest BCUT2D eigenvalue weighted by Gasteiger charge is -2.09. The minimum Gasteiger partial charge on any atom is -0.434 e. The molecule has 2 heterocycles. The van der Waals surface area contributed by atoms with Crippen molar-refractivity contribution in [2.24, 2.45) is 0 Å². The van der Waals surface area contributed by atoms with Crippen molar-refractivity contribution in [2.75, 3.05) is 0 Å². The molecule has 3 rings (SSSR count). The number of rotatable bonds is 3. The summed E-state index contributed by atoms with van der Waals surface area (Å²) >= 11 is 5.69. The molecule has 0 radical (unpaired) electrons. The number of aryl methyl sites for hydroxylation is 1. The van der Waals surface area contributed by atoms with Crippen molar-refractivity contribution < 1.29 is 9.13 Å². The van der Waals surface area contributed by atoms with Gasteiger partial charge in [0.25, 0.3) is 5.88 Å². The van der Waals surface area contributed by atoms with E-state index in [0.29, 0.717) is 16.8 Å². The largest absolute Gasteiger partial charge is 0.434 e. The summed E-state index contributed by atoms with van der Waals surface area (Å²) in [5, 5.41) is 0.923. The van der Waals surface area contributed by atoms with Gasteiger partial charge in [-0.15, -0.1) is 11.6 Å². The van der Waals surface area contributed by atoms with Crippen molar-refractivity contribution in [1.82, 2.24) is 9.97 Å². The van der Waals surface area contributed by atoms with Crippen molar-refractivity contribution in [2.45, 2.75) is 12.8 Å². The number of pyridine rings is 2. The van der Waals surface area contributed by atoms with E-state index >= 15 is 0 Å². The zero-order chi connectivity index (χ0) is 14.8. The van der Waals surface area contributed by atoms with Gasteiger partial charge in [-0.25, -0.2) is 14.4 Å². The highest BCUT2D eigenvalue weighted by Crippen LogP contribution is 2.30. The highest BCUT2D eigenvalue weighted by molar-refractivity contribution is 6.17. The van der Waals surface area contributed by atoms with Gasteiger partial charge < -0.3 is 4.74 Å². The number of halogens is 2. The molecule has 2 aromatic heterocycles. The minimum absolute atomic E-state index is 0.0671. The van der Waals surface area contributed by atoms with Crippen molar-refractivity contribution in [3.63, 3.8) is 0 Å². The van der Waals surface area contributed by atoms with Crippen molar-refractivity contribution in [3.05, 3.63) is 59.7 Å². The standard InChI is InChI=1S/C16H12ClFN2O/c1-10-5-6-11-3-2-4-13(15(11)20-10)21-16-14(18)12(9-17)7-8-19-16/h2-8H,9H2,1H3. The molecule has 0 fully saturated rings. The fraction of sp³-hybridized carbons (Fsp3) is 0.125. The summed E-state index contributed by atoms with van der Waals surface area (Å²) < 4.78 is 19.8. The molecule has 0 spiro atoms. The van der Waals surface area contributed by atoms with E-state index in [9.17, 15) is 4.39 Å². The molecule has 0 unspecified atom stereocenters. The predicted molar refractivity (Wildman–Crippen MR) is 80.3 cm³/mol. The first kappa shape index (κ1) is 13.8. The van der Waals surface area contributed by atoms with E-state index in [0.717, 1.165) is 11.1 Å². The quantitative estimate of drug-likeness (QED) is 0.663. The SMILES string of the molecule is Cc1ccc2cccc(Oc3nccc(CCl)c3F)c2n1. The first-order chi connectivity index (χ1) is 10.2. The molecule has 0 aliphatic rings. The van der Waals surface area contributed by atoms with Crippen LogP contribution in [0.2, 0.25) is 0 Å². The number of benzene rings is 1. The molecule has 0 aliphatic carbocycles. The van der Waals surface area contributed by atoms with Gasteiger partial charge in [-0.2, -0.15) is 0 Å². The summed E-state index contributed by atoms with van der Waals surface area (Å²) in [6.07, 6.45) is 1.47. The van der Waals surface area contributed by atoms with Gasteiger partial charge in [-0.3, -0.25) is 0 Å². The molecule has 1 aromatic carbocycles. The molecule has 0 saturated heterocycles. The van der Waals surface area contributed by atoms with Crippen molar-refractivity contribution in [1.29, 1.82) is 0 Å². The Morgan fingerprint density at radius 1 is 1.19 bits per heavy atom. The van der Waals surface area contributed by atoms with Gasteiger partial charge in [0, 0.05) is 22.8 Å². The lowest BCUT2D eigenvalue weighted by Crippen LogP contribution is -1.97. The van der Waals surface area contributed by atoms with Gasteiger partial charge >= 0.3 is 0 Å². The first-order valence-corrected chi connectivity index (χ1v) is 6.96. The second kappa shape index (κ2) is 5.66. The number of ether oxygens (including phenoxy) is 1. The number of para-hydroxylation sites is 1. The molecule has 5 heteroatoms. The maximum atomic E-state index is 14.1. The number of aromatic nitrogens is 2. The van der Waals surface area contributed by atoms with Crippen molar-refractivity contribution in [3.8, 4) is 11.6 Å². The fourth-order valence-electron chi connectivity index (χ4n) is 2.04. The minimum atomic E-state index is -0.544. The average molecular weight is 303 g/mol. The van der Waals surface area contributed by atoms with Gasteiger partial charge in [0.2, 0.25) is 0 Å². The lowest BCUT2D eigenvalue weighted by molar-refractivity contribution is 0.423. The molecule has 106 valence electrons. The van der Waals surface area contributed by atoms with Crippen LogP contribution in [0.25, 0.3) is 10.9 Å². The monoisotopic (exact) mass is 302 g/mol. The zero-order valence-electron chi connectivity index (χ0n) is 11.3. The van der Waals surface area contributed by atoms with E-state index in [2.05, 4.69) is 9.97 Å². The molecule has 0 N–H and O–H groups in total. The molecular formula is C16H12ClFN2O. The summed E-state index contributed by atoms with van der Waals surface area (Å²) in [6, 6.07) is 10.9. The molecule has 0 saturated carbocycles. The summed E-state index contributed by atoms with van der Waals surface area (Å²) in [4.78, 5) is 8.37. The van der Waals surface area contributed by atoms with Gasteiger partial charge in [-0.05, 0) is 25.1 Å². The summed E-state index contributed by atoms with van der Waals surface area (Å²) in [7, 11) is 0. The highest BCUT2D eigenvalue weighted by Gasteiger charge is 2.13. The number of hydrogen-bond donors (Lipinski definition) is 0. The molecular weight excluding hydrogens is 291 g/mol. The third-order valence-electron chi connectivity index (χ3n) is 3.11. The Kier molecular flexibility index (Phi) is 3.71. The van der Waals surface area contributed by atoms with Gasteiger partial charge in [0.1, 0.15) is 5.52 Å². The Morgan fingerprint density at radius 2 is 2.05 bits per heavy atom. The van der Waals surface area contributed by atoms with E-state index in [1.54, 1.807) is 6.07 Å². The molecule has 0 amide bonds. The molecule has 3 nitrogen and oxygen atoms in total. The van der Waals surface area contributed by atoms with E-state index in [4.69, 9.17) is 16.3 Å². The van der Waals surface area contributed by atoms with Crippen molar-refractivity contribution >= 4 is 22.5 Å². The summed E-state index contributed by atoms with van der Waals surface area (Å²) in [5.41, 5.74) is 1.89. The number of alkyl halides is 1. The van der Waals surface area contributed by atoms with E-state index in [1.807, 2.05) is 31.2 Å². The van der Waals surface area contributed by atoms with Gasteiger partial charge in [-0.1, -0.05) is 18.2 Å². The highest BCUT2D eigenvalue weighted by atomic mass is 35.5. The fourth-order valence-corrected chi connectivity index (χ4v) is 2.25. The normalized spacial score (nSPS) is 10.8. The van der Waals surface area contributed by atoms with Crippen LogP contribution in [0.4, 0.5) is 4.39 Å². The Hall–Kier alpha value is -2.20. The molecule has 0 bridgehead atoms. The Balaban J connectivity index is 2.08. The van der Waals surface area contributed by atoms with Crippen LogP contribution in [-0.4, -0.2) is 9.97 Å². The van der Waals surface area contributed by atoms with Crippen LogP contribution >= 0.6 is 11.6 Å². The van der Waals surface area contributed by atoms with Crippen LogP contribution in [0, 0.1) is 12.7 Å². The van der Waals surface area contributed by atoms with Crippen LogP contribution in [-0.2, 0) is 5.88 Å². The van der Waals surface area contributed by atoms with Crippen LogP contribution in [0.1, 0.15) is 11.3 Å². The number of fused-ring (bicyclic) bond motifs is 1. The maximum absolute atomic E-state index is 14.1. The van der Waals surface area contributed by atoms with Crippen LogP contribution in [0.3, 0.4) is 0 Å². The van der Waals surface area contributed by atoms with E-state index in [1.165, 1.54) is 12.3 Å². The third kappa shape index (κ3) is 2.67. The van der Waals surface area contributed by atoms with E-state index < -0.39 is 5.82 Å². The van der Waals surface area contributed by atoms with Gasteiger partial charge in [0.05, 0.1) is 5.88 Å². The molecule has 21 heavy (non-hydrogen) atoms.